The van der Waals surface area contributed by atoms with Gasteiger partial charge in [-0.2, -0.15) is 0 Å². The van der Waals surface area contributed by atoms with Gasteiger partial charge in [-0.15, -0.1) is 0 Å². The summed E-state index contributed by atoms with van der Waals surface area (Å²) in [6.45, 7) is 6.44. The first-order valence-corrected chi connectivity index (χ1v) is 7.59. The van der Waals surface area contributed by atoms with Crippen LogP contribution >= 0.6 is 11.6 Å². The summed E-state index contributed by atoms with van der Waals surface area (Å²) >= 11 is 5.96. The molecule has 6 heteroatoms. The molecule has 0 aromatic heterocycles. The number of urea groups is 1. The molecule has 0 aliphatic carbocycles. The maximum absolute atomic E-state index is 13.0. The molecular formula is C16H24ClFN2O2. The zero-order valence-electron chi connectivity index (χ0n) is 13.5. The number of carbonyl (C=O) groups excluding carboxylic acids is 1. The number of halogens is 2. The predicted molar refractivity (Wildman–Crippen MR) is 86.4 cm³/mol. The summed E-state index contributed by atoms with van der Waals surface area (Å²) in [4.78, 5) is 13.6. The maximum atomic E-state index is 13.0. The molecule has 0 heterocycles. The molecule has 2 amide bonds. The van der Waals surface area contributed by atoms with Crippen molar-refractivity contribution in [2.75, 3.05) is 13.6 Å². The fourth-order valence-electron chi connectivity index (χ4n) is 2.30. The Hall–Kier alpha value is -1.33. The van der Waals surface area contributed by atoms with Gasteiger partial charge in [-0.3, -0.25) is 0 Å². The van der Waals surface area contributed by atoms with Crippen molar-refractivity contribution in [1.82, 2.24) is 10.2 Å². The van der Waals surface area contributed by atoms with Gasteiger partial charge in [0.1, 0.15) is 5.82 Å². The van der Waals surface area contributed by atoms with Crippen LogP contribution in [0.5, 0.6) is 0 Å². The maximum Gasteiger partial charge on any atom is 0.317 e. The summed E-state index contributed by atoms with van der Waals surface area (Å²) in [7, 11) is 1.65. The van der Waals surface area contributed by atoms with Crippen LogP contribution in [0.4, 0.5) is 9.18 Å². The quantitative estimate of drug-likeness (QED) is 0.839. The van der Waals surface area contributed by atoms with Gasteiger partial charge in [0.2, 0.25) is 0 Å². The molecule has 1 atom stereocenters. The number of aliphatic hydroxyl groups excluding tert-OH is 1. The van der Waals surface area contributed by atoms with E-state index in [9.17, 15) is 14.3 Å². The van der Waals surface area contributed by atoms with E-state index >= 15 is 0 Å². The van der Waals surface area contributed by atoms with Crippen molar-refractivity contribution in [3.63, 3.8) is 0 Å². The van der Waals surface area contributed by atoms with Gasteiger partial charge < -0.3 is 15.3 Å². The zero-order chi connectivity index (χ0) is 16.9. The van der Waals surface area contributed by atoms with Gasteiger partial charge in [-0.05, 0) is 36.5 Å². The first-order valence-electron chi connectivity index (χ1n) is 7.22. The normalized spacial score (nSPS) is 12.9. The van der Waals surface area contributed by atoms with Crippen LogP contribution in [0.2, 0.25) is 5.02 Å². The number of carbonyl (C=O) groups is 1. The molecule has 0 spiro atoms. The van der Waals surface area contributed by atoms with E-state index in [1.807, 2.05) is 13.8 Å². The van der Waals surface area contributed by atoms with Gasteiger partial charge in [0.15, 0.2) is 0 Å². The van der Waals surface area contributed by atoms with Crippen LogP contribution in [0.25, 0.3) is 0 Å². The second kappa shape index (κ2) is 7.79. The molecule has 0 saturated heterocycles. The largest absolute Gasteiger partial charge is 0.393 e. The fourth-order valence-corrected chi connectivity index (χ4v) is 2.53. The van der Waals surface area contributed by atoms with Crippen LogP contribution in [0.1, 0.15) is 32.8 Å². The number of rotatable bonds is 6. The zero-order valence-corrected chi connectivity index (χ0v) is 14.2. The van der Waals surface area contributed by atoms with Gasteiger partial charge in [-0.25, -0.2) is 9.18 Å². The minimum Gasteiger partial charge on any atom is -0.393 e. The van der Waals surface area contributed by atoms with Crippen molar-refractivity contribution >= 4 is 17.6 Å². The molecule has 0 fully saturated rings. The highest BCUT2D eigenvalue weighted by molar-refractivity contribution is 6.31. The Bertz CT molecular complexity index is 521. The number of nitrogens with zero attached hydrogens (tertiary/aromatic N) is 1. The highest BCUT2D eigenvalue weighted by Gasteiger charge is 2.22. The lowest BCUT2D eigenvalue weighted by Gasteiger charge is -2.28. The van der Waals surface area contributed by atoms with Gasteiger partial charge in [0.05, 0.1) is 6.10 Å². The number of hydrogen-bond acceptors (Lipinski definition) is 2. The predicted octanol–water partition coefficient (Wildman–Crippen LogP) is 3.42. The lowest BCUT2D eigenvalue weighted by molar-refractivity contribution is 0.127. The van der Waals surface area contributed by atoms with E-state index in [2.05, 4.69) is 5.32 Å². The molecular weight excluding hydrogens is 307 g/mol. The first kappa shape index (κ1) is 18.7. The molecule has 0 saturated carbocycles. The van der Waals surface area contributed by atoms with Crippen molar-refractivity contribution in [2.24, 2.45) is 5.41 Å². The standard InChI is InChI=1S/C16H24ClFN2O2/c1-11(21)8-16(2,3)10-19-15(22)20(4)9-12-5-6-13(18)7-14(12)17/h5-7,11,21H,8-10H2,1-4H3,(H,19,22). The molecule has 1 rings (SSSR count). The van der Waals surface area contributed by atoms with E-state index < -0.39 is 11.9 Å². The second-order valence-corrected chi connectivity index (χ2v) is 6.88. The summed E-state index contributed by atoms with van der Waals surface area (Å²) in [5, 5.41) is 12.6. The smallest absolute Gasteiger partial charge is 0.317 e. The third-order valence-corrected chi connectivity index (χ3v) is 3.69. The summed E-state index contributed by atoms with van der Waals surface area (Å²) in [5.41, 5.74) is 0.488. The van der Waals surface area contributed by atoms with Crippen LogP contribution in [0.15, 0.2) is 18.2 Å². The van der Waals surface area contributed by atoms with E-state index in [0.29, 0.717) is 30.1 Å². The van der Waals surface area contributed by atoms with Crippen molar-refractivity contribution in [1.29, 1.82) is 0 Å². The Morgan fingerprint density at radius 2 is 2.14 bits per heavy atom. The highest BCUT2D eigenvalue weighted by atomic mass is 35.5. The molecule has 4 nitrogen and oxygen atoms in total. The monoisotopic (exact) mass is 330 g/mol. The van der Waals surface area contributed by atoms with Crippen LogP contribution in [0, 0.1) is 11.2 Å². The third kappa shape index (κ3) is 6.20. The van der Waals surface area contributed by atoms with Crippen molar-refractivity contribution in [3.8, 4) is 0 Å². The molecule has 1 aromatic carbocycles. The van der Waals surface area contributed by atoms with E-state index in [4.69, 9.17) is 11.6 Å². The van der Waals surface area contributed by atoms with Crippen molar-refractivity contribution < 1.29 is 14.3 Å². The SMILES string of the molecule is CC(O)CC(C)(C)CNC(=O)N(C)Cc1ccc(F)cc1Cl. The number of aliphatic hydroxyl groups is 1. The number of hydrogen-bond donors (Lipinski definition) is 2. The second-order valence-electron chi connectivity index (χ2n) is 6.47. The lowest BCUT2D eigenvalue weighted by Crippen LogP contribution is -2.42. The summed E-state index contributed by atoms with van der Waals surface area (Å²) in [5.74, 6) is -0.402. The number of nitrogens with one attached hydrogen (secondary N) is 1. The van der Waals surface area contributed by atoms with E-state index in [1.54, 1.807) is 20.0 Å². The van der Waals surface area contributed by atoms with E-state index in [-0.39, 0.29) is 11.4 Å². The molecule has 22 heavy (non-hydrogen) atoms. The Morgan fingerprint density at radius 3 is 2.68 bits per heavy atom. The van der Waals surface area contributed by atoms with Crippen LogP contribution < -0.4 is 5.32 Å². The van der Waals surface area contributed by atoms with Gasteiger partial charge in [0.25, 0.3) is 0 Å². The molecule has 124 valence electrons. The lowest BCUT2D eigenvalue weighted by atomic mass is 9.87. The van der Waals surface area contributed by atoms with Crippen LogP contribution in [-0.2, 0) is 6.54 Å². The minimum atomic E-state index is -0.414. The van der Waals surface area contributed by atoms with Gasteiger partial charge in [0, 0.05) is 25.2 Å². The highest BCUT2D eigenvalue weighted by Crippen LogP contribution is 2.21. The van der Waals surface area contributed by atoms with Gasteiger partial charge in [-0.1, -0.05) is 31.5 Å². The summed E-state index contributed by atoms with van der Waals surface area (Å²) < 4.78 is 13.0. The molecule has 2 N–H and O–H groups in total. The van der Waals surface area contributed by atoms with Gasteiger partial charge >= 0.3 is 6.03 Å². The molecule has 1 aromatic rings. The average molecular weight is 331 g/mol. The third-order valence-electron chi connectivity index (χ3n) is 3.34. The van der Waals surface area contributed by atoms with Crippen molar-refractivity contribution in [2.45, 2.75) is 39.8 Å². The van der Waals surface area contributed by atoms with E-state index in [1.165, 1.54) is 17.0 Å². The van der Waals surface area contributed by atoms with E-state index in [0.717, 1.165) is 0 Å². The summed E-state index contributed by atoms with van der Waals surface area (Å²) in [6.07, 6.45) is 0.184. The fraction of sp³-hybridized carbons (Fsp3) is 0.562. The van der Waals surface area contributed by atoms with Crippen LogP contribution in [-0.4, -0.2) is 35.7 Å². The van der Waals surface area contributed by atoms with Crippen LogP contribution in [0.3, 0.4) is 0 Å². The molecule has 1 unspecified atom stereocenters. The Morgan fingerprint density at radius 1 is 1.50 bits per heavy atom. The first-order chi connectivity index (χ1) is 10.1. The molecule has 0 radical (unpaired) electrons. The Kier molecular flexibility index (Phi) is 6.63. The Balaban J connectivity index is 2.55. The average Bonchev–Trinajstić information content (AvgIpc) is 2.37. The molecule has 0 aliphatic rings. The Labute approximate surface area is 136 Å². The molecule has 0 aliphatic heterocycles. The van der Waals surface area contributed by atoms with Crippen molar-refractivity contribution in [3.05, 3.63) is 34.6 Å². The molecule has 0 bridgehead atoms. The summed E-state index contributed by atoms with van der Waals surface area (Å²) in [6, 6.07) is 3.88. The number of benzene rings is 1. The minimum absolute atomic E-state index is 0.196. The topological polar surface area (TPSA) is 52.6 Å². The number of amides is 2.